The highest BCUT2D eigenvalue weighted by Crippen LogP contribution is 2.28. The highest BCUT2D eigenvalue weighted by molar-refractivity contribution is 5.90. The van der Waals surface area contributed by atoms with E-state index in [2.05, 4.69) is 5.32 Å². The number of carbonyl (C=O) groups excluding carboxylic acids is 3. The van der Waals surface area contributed by atoms with Gasteiger partial charge in [0.25, 0.3) is 5.91 Å². The van der Waals surface area contributed by atoms with Crippen molar-refractivity contribution in [1.29, 1.82) is 0 Å². The summed E-state index contributed by atoms with van der Waals surface area (Å²) in [5, 5.41) is 2.27. The molecular weight excluding hydrogens is 385 g/mol. The molecule has 1 atom stereocenters. The molecule has 2 fully saturated rings. The molecular formula is C18H24FN5O5. The van der Waals surface area contributed by atoms with Gasteiger partial charge in [-0.15, -0.1) is 0 Å². The van der Waals surface area contributed by atoms with Crippen LogP contribution >= 0.6 is 0 Å². The average Bonchev–Trinajstić information content (AvgIpc) is 3.12. The van der Waals surface area contributed by atoms with Crippen molar-refractivity contribution in [3.8, 4) is 0 Å². The lowest BCUT2D eigenvalue weighted by Crippen LogP contribution is -2.50. The van der Waals surface area contributed by atoms with Gasteiger partial charge in [0.1, 0.15) is 11.9 Å². The van der Waals surface area contributed by atoms with Crippen LogP contribution in [0.3, 0.4) is 0 Å². The van der Waals surface area contributed by atoms with Crippen molar-refractivity contribution >= 4 is 29.5 Å². The van der Waals surface area contributed by atoms with Crippen molar-refractivity contribution in [2.75, 3.05) is 62.7 Å². The Balaban J connectivity index is 1.58. The molecule has 0 bridgehead atoms. The predicted molar refractivity (Wildman–Crippen MR) is 102 cm³/mol. The summed E-state index contributed by atoms with van der Waals surface area (Å²) in [5.74, 6) is -0.764. The number of alkyl carbamates (subject to hydrolysis) is 1. The van der Waals surface area contributed by atoms with Gasteiger partial charge in [0.15, 0.2) is 6.61 Å². The van der Waals surface area contributed by atoms with Crippen LogP contribution in [-0.4, -0.2) is 82.0 Å². The number of cyclic esters (lactones) is 1. The molecule has 2 heterocycles. The second-order valence-electron chi connectivity index (χ2n) is 6.68. The average molecular weight is 409 g/mol. The molecule has 0 unspecified atom stereocenters. The van der Waals surface area contributed by atoms with Crippen LogP contribution in [0.2, 0.25) is 0 Å². The molecule has 3 N–H and O–H groups in total. The van der Waals surface area contributed by atoms with E-state index in [0.29, 0.717) is 37.6 Å². The number of ether oxygens (including phenoxy) is 2. The highest BCUT2D eigenvalue weighted by Gasteiger charge is 2.32. The maximum Gasteiger partial charge on any atom is 0.414 e. The van der Waals surface area contributed by atoms with Gasteiger partial charge in [0.2, 0.25) is 0 Å². The van der Waals surface area contributed by atoms with Crippen LogP contribution in [0.4, 0.5) is 25.4 Å². The number of benzene rings is 1. The summed E-state index contributed by atoms with van der Waals surface area (Å²) in [6, 6.07) is 4.57. The summed E-state index contributed by atoms with van der Waals surface area (Å²) >= 11 is 0. The molecule has 2 aliphatic rings. The van der Waals surface area contributed by atoms with Crippen LogP contribution in [0, 0.1) is 5.82 Å². The van der Waals surface area contributed by atoms with E-state index in [1.165, 1.54) is 18.0 Å². The van der Waals surface area contributed by atoms with E-state index in [-0.39, 0.29) is 25.6 Å². The Kier molecular flexibility index (Phi) is 6.37. The number of anilines is 2. The van der Waals surface area contributed by atoms with Gasteiger partial charge in [0.05, 0.1) is 17.9 Å². The molecule has 29 heavy (non-hydrogen) atoms. The van der Waals surface area contributed by atoms with E-state index < -0.39 is 24.1 Å². The standard InChI is InChI=1S/C18H24FN5O5/c1-21-17(26)28-11-16(25)23-6-4-22(5-7-23)15-3-2-12(8-14(15)19)24-10-13(9-20)29-18(24)27/h2-3,8,13H,4-7,9-11,20H2,1H3,(H,21,26)/t13-/m0/s1. The minimum atomic E-state index is -0.668. The molecule has 1 aromatic carbocycles. The summed E-state index contributed by atoms with van der Waals surface area (Å²) in [6.07, 6.45) is -1.61. The molecule has 0 aliphatic carbocycles. The number of carbonyl (C=O) groups is 3. The first-order chi connectivity index (χ1) is 13.9. The fraction of sp³-hybridized carbons (Fsp3) is 0.500. The van der Waals surface area contributed by atoms with E-state index >= 15 is 0 Å². The lowest BCUT2D eigenvalue weighted by atomic mass is 10.2. The zero-order chi connectivity index (χ0) is 21.0. The van der Waals surface area contributed by atoms with E-state index in [0.717, 1.165) is 0 Å². The van der Waals surface area contributed by atoms with Crippen LogP contribution in [0.25, 0.3) is 0 Å². The maximum absolute atomic E-state index is 14.7. The Hall–Kier alpha value is -3.08. The number of nitrogens with zero attached hydrogens (tertiary/aromatic N) is 3. The highest BCUT2D eigenvalue weighted by atomic mass is 19.1. The molecule has 2 saturated heterocycles. The Morgan fingerprint density at radius 1 is 1.31 bits per heavy atom. The zero-order valence-corrected chi connectivity index (χ0v) is 16.1. The summed E-state index contributed by atoms with van der Waals surface area (Å²) in [4.78, 5) is 39.8. The molecule has 0 aromatic heterocycles. The molecule has 0 spiro atoms. The van der Waals surface area contributed by atoms with Crippen LogP contribution < -0.4 is 20.9 Å². The molecule has 0 radical (unpaired) electrons. The van der Waals surface area contributed by atoms with Crippen molar-refractivity contribution in [3.63, 3.8) is 0 Å². The van der Waals surface area contributed by atoms with Gasteiger partial charge in [-0.3, -0.25) is 9.69 Å². The van der Waals surface area contributed by atoms with Gasteiger partial charge in [-0.05, 0) is 18.2 Å². The fourth-order valence-corrected chi connectivity index (χ4v) is 3.26. The zero-order valence-electron chi connectivity index (χ0n) is 16.1. The maximum atomic E-state index is 14.7. The smallest absolute Gasteiger partial charge is 0.414 e. The van der Waals surface area contributed by atoms with E-state index in [1.807, 2.05) is 4.90 Å². The SMILES string of the molecule is CNC(=O)OCC(=O)N1CCN(c2ccc(N3C[C@H](CN)OC3=O)cc2F)CC1. The number of hydrogen-bond donors (Lipinski definition) is 2. The second kappa shape index (κ2) is 8.95. The third-order valence-electron chi connectivity index (χ3n) is 4.88. The monoisotopic (exact) mass is 409 g/mol. The summed E-state index contributed by atoms with van der Waals surface area (Å²) in [5.41, 5.74) is 6.32. The minimum absolute atomic E-state index is 0.208. The van der Waals surface area contributed by atoms with Gasteiger partial charge < -0.3 is 30.3 Å². The van der Waals surface area contributed by atoms with Gasteiger partial charge >= 0.3 is 12.2 Å². The van der Waals surface area contributed by atoms with Gasteiger partial charge in [-0.25, -0.2) is 14.0 Å². The Morgan fingerprint density at radius 2 is 2.03 bits per heavy atom. The van der Waals surface area contributed by atoms with E-state index in [4.69, 9.17) is 15.2 Å². The number of nitrogens with one attached hydrogen (secondary N) is 1. The topological polar surface area (TPSA) is 117 Å². The molecule has 3 rings (SSSR count). The number of halogens is 1. The third kappa shape index (κ3) is 4.67. The first kappa shape index (κ1) is 20.6. The summed E-state index contributed by atoms with van der Waals surface area (Å²) in [7, 11) is 1.41. The first-order valence-electron chi connectivity index (χ1n) is 9.28. The Bertz CT molecular complexity index is 784. The van der Waals surface area contributed by atoms with Crippen molar-refractivity contribution in [3.05, 3.63) is 24.0 Å². The number of piperazine rings is 1. The lowest BCUT2D eigenvalue weighted by Gasteiger charge is -2.36. The fourth-order valence-electron chi connectivity index (χ4n) is 3.26. The van der Waals surface area contributed by atoms with Crippen molar-refractivity contribution in [2.45, 2.75) is 6.10 Å². The first-order valence-corrected chi connectivity index (χ1v) is 9.28. The predicted octanol–water partition coefficient (Wildman–Crippen LogP) is 0.114. The van der Waals surface area contributed by atoms with Crippen molar-refractivity contribution < 1.29 is 28.2 Å². The molecule has 10 nitrogen and oxygen atoms in total. The van der Waals surface area contributed by atoms with Gasteiger partial charge in [0, 0.05) is 39.8 Å². The number of rotatable bonds is 5. The molecule has 158 valence electrons. The van der Waals surface area contributed by atoms with Crippen LogP contribution in [0.5, 0.6) is 0 Å². The van der Waals surface area contributed by atoms with Crippen LogP contribution in [0.15, 0.2) is 18.2 Å². The quantitative estimate of drug-likeness (QED) is 0.709. The number of nitrogens with two attached hydrogens (primary N) is 1. The third-order valence-corrected chi connectivity index (χ3v) is 4.88. The second-order valence-corrected chi connectivity index (χ2v) is 6.68. The normalized spacial score (nSPS) is 19.2. The van der Waals surface area contributed by atoms with Crippen LogP contribution in [-0.2, 0) is 14.3 Å². The van der Waals surface area contributed by atoms with E-state index in [9.17, 15) is 18.8 Å². The molecule has 2 aliphatic heterocycles. The number of hydrogen-bond acceptors (Lipinski definition) is 7. The van der Waals surface area contributed by atoms with Gasteiger partial charge in [-0.2, -0.15) is 0 Å². The summed E-state index contributed by atoms with van der Waals surface area (Å²) < 4.78 is 24.6. The molecule has 0 saturated carbocycles. The summed E-state index contributed by atoms with van der Waals surface area (Å²) in [6.45, 7) is 1.79. The van der Waals surface area contributed by atoms with E-state index in [1.54, 1.807) is 17.0 Å². The van der Waals surface area contributed by atoms with Crippen molar-refractivity contribution in [2.24, 2.45) is 5.73 Å². The Labute approximate surface area is 167 Å². The van der Waals surface area contributed by atoms with Crippen LogP contribution in [0.1, 0.15) is 0 Å². The molecule has 1 aromatic rings. The molecule has 11 heteroatoms. The Morgan fingerprint density at radius 3 is 2.62 bits per heavy atom. The lowest BCUT2D eigenvalue weighted by molar-refractivity contribution is -0.134. The van der Waals surface area contributed by atoms with Crippen molar-refractivity contribution in [1.82, 2.24) is 10.2 Å². The molecule has 3 amide bonds. The largest absolute Gasteiger partial charge is 0.443 e. The van der Waals surface area contributed by atoms with Gasteiger partial charge in [-0.1, -0.05) is 0 Å². The minimum Gasteiger partial charge on any atom is -0.443 e. The number of amides is 3.